The molecule has 0 spiro atoms. The molecule has 0 radical (unpaired) electrons. The summed E-state index contributed by atoms with van der Waals surface area (Å²) in [6, 6.07) is 7.68. The van der Waals surface area contributed by atoms with Crippen LogP contribution in [0.3, 0.4) is 0 Å². The maximum Gasteiger partial charge on any atom is 0.414 e. The fraction of sp³-hybridized carbons (Fsp3) is 0.389. The molecule has 2 heterocycles. The van der Waals surface area contributed by atoms with Crippen LogP contribution in [0, 0.1) is 17.8 Å². The van der Waals surface area contributed by atoms with Gasteiger partial charge in [-0.2, -0.15) is 0 Å². The molecule has 26 heavy (non-hydrogen) atoms. The van der Waals surface area contributed by atoms with Crippen molar-refractivity contribution in [1.29, 1.82) is 0 Å². The standard InChI is InChI=1S/C16H18N2O2.C2H2O4/c1-19-15-6-2-4-13(10-15)5-3-9-20-17-16-12-18-8-7-14(16)11-18;3-1(4)2(5)6/h2,4,6,10,14H,7-9,11-12H2,1H3;(H,3,4)(H,5,6)/b17-16-;. The lowest BCUT2D eigenvalue weighted by Crippen LogP contribution is -2.23. The van der Waals surface area contributed by atoms with Crippen molar-refractivity contribution in [2.45, 2.75) is 6.42 Å². The Labute approximate surface area is 151 Å². The summed E-state index contributed by atoms with van der Waals surface area (Å²) in [6.07, 6.45) is 1.22. The molecule has 1 aromatic rings. The second kappa shape index (κ2) is 9.44. The van der Waals surface area contributed by atoms with Crippen LogP contribution in [-0.4, -0.2) is 66.1 Å². The van der Waals surface area contributed by atoms with E-state index < -0.39 is 11.9 Å². The van der Waals surface area contributed by atoms with E-state index in [0.29, 0.717) is 12.5 Å². The first-order chi connectivity index (χ1) is 12.5. The summed E-state index contributed by atoms with van der Waals surface area (Å²) in [6.45, 7) is 3.65. The van der Waals surface area contributed by atoms with Crippen LogP contribution in [0.1, 0.15) is 12.0 Å². The number of oxime groups is 1. The predicted octanol–water partition coefficient (Wildman–Crippen LogP) is 0.910. The van der Waals surface area contributed by atoms with Crippen LogP contribution in [0.15, 0.2) is 29.4 Å². The van der Waals surface area contributed by atoms with Gasteiger partial charge in [-0.3, -0.25) is 4.90 Å². The van der Waals surface area contributed by atoms with Crippen LogP contribution >= 0.6 is 0 Å². The van der Waals surface area contributed by atoms with Gasteiger partial charge in [0, 0.05) is 24.6 Å². The zero-order valence-corrected chi connectivity index (χ0v) is 14.3. The fourth-order valence-electron chi connectivity index (χ4n) is 2.70. The predicted molar refractivity (Wildman–Crippen MR) is 93.1 cm³/mol. The lowest BCUT2D eigenvalue weighted by Gasteiger charge is -2.12. The smallest absolute Gasteiger partial charge is 0.414 e. The number of methoxy groups -OCH3 is 1. The van der Waals surface area contributed by atoms with Gasteiger partial charge in [0.2, 0.25) is 0 Å². The molecule has 0 saturated carbocycles. The van der Waals surface area contributed by atoms with Gasteiger partial charge >= 0.3 is 11.9 Å². The van der Waals surface area contributed by atoms with Gasteiger partial charge in [-0.1, -0.05) is 23.1 Å². The molecule has 0 amide bonds. The monoisotopic (exact) mass is 360 g/mol. The summed E-state index contributed by atoms with van der Waals surface area (Å²) in [4.78, 5) is 25.9. The number of ether oxygens (including phenoxy) is 1. The molecule has 2 aliphatic rings. The van der Waals surface area contributed by atoms with E-state index in [0.717, 1.165) is 24.4 Å². The first kappa shape index (κ1) is 19.3. The Hall–Kier alpha value is -3.05. The molecule has 138 valence electrons. The van der Waals surface area contributed by atoms with Gasteiger partial charge in [0.1, 0.15) is 5.75 Å². The highest BCUT2D eigenvalue weighted by Crippen LogP contribution is 2.25. The Kier molecular flexibility index (Phi) is 7.00. The summed E-state index contributed by atoms with van der Waals surface area (Å²) in [7, 11) is 1.65. The number of aliphatic carboxylic acids is 2. The van der Waals surface area contributed by atoms with Crippen LogP contribution in [0.2, 0.25) is 0 Å². The summed E-state index contributed by atoms with van der Waals surface area (Å²) >= 11 is 0. The van der Waals surface area contributed by atoms with Crippen molar-refractivity contribution in [2.75, 3.05) is 33.4 Å². The zero-order chi connectivity index (χ0) is 18.9. The Morgan fingerprint density at radius 1 is 1.35 bits per heavy atom. The third kappa shape index (κ3) is 5.79. The minimum Gasteiger partial charge on any atom is -0.497 e. The summed E-state index contributed by atoms with van der Waals surface area (Å²) in [5, 5.41) is 19.0. The maximum absolute atomic E-state index is 9.10. The molecule has 0 aromatic heterocycles. The topological polar surface area (TPSA) is 109 Å². The molecule has 2 bridgehead atoms. The first-order valence-corrected chi connectivity index (χ1v) is 8.00. The van der Waals surface area contributed by atoms with Crippen LogP contribution in [-0.2, 0) is 14.4 Å². The van der Waals surface area contributed by atoms with E-state index >= 15 is 0 Å². The summed E-state index contributed by atoms with van der Waals surface area (Å²) in [5.74, 6) is 3.79. The average molecular weight is 360 g/mol. The van der Waals surface area contributed by atoms with Crippen LogP contribution < -0.4 is 4.74 Å². The molecule has 2 N–H and O–H groups in total. The molecule has 2 saturated heterocycles. The number of hydrogen-bond donors (Lipinski definition) is 2. The third-order valence-corrected chi connectivity index (χ3v) is 3.93. The second-order valence-electron chi connectivity index (χ2n) is 5.72. The zero-order valence-electron chi connectivity index (χ0n) is 14.3. The van der Waals surface area contributed by atoms with E-state index in [1.807, 2.05) is 24.3 Å². The molecule has 1 aromatic carbocycles. The Morgan fingerprint density at radius 3 is 2.69 bits per heavy atom. The summed E-state index contributed by atoms with van der Waals surface area (Å²) < 4.78 is 5.15. The van der Waals surface area contributed by atoms with E-state index in [1.54, 1.807) is 7.11 Å². The molecule has 3 rings (SSSR count). The highest BCUT2D eigenvalue weighted by Gasteiger charge is 2.35. The van der Waals surface area contributed by atoms with E-state index in [-0.39, 0.29) is 0 Å². The molecular formula is C18H20N2O6. The van der Waals surface area contributed by atoms with Gasteiger partial charge < -0.3 is 19.8 Å². The van der Waals surface area contributed by atoms with E-state index in [2.05, 4.69) is 21.9 Å². The van der Waals surface area contributed by atoms with Crippen molar-refractivity contribution in [1.82, 2.24) is 4.90 Å². The molecule has 2 aliphatic heterocycles. The largest absolute Gasteiger partial charge is 0.497 e. The number of rotatable bonds is 3. The third-order valence-electron chi connectivity index (χ3n) is 3.93. The number of carbonyl (C=O) groups is 2. The van der Waals surface area contributed by atoms with Crippen molar-refractivity contribution in [3.05, 3.63) is 29.8 Å². The number of carboxylic acid groups (broad SMARTS) is 2. The highest BCUT2D eigenvalue weighted by molar-refractivity contribution is 6.27. The molecule has 2 fully saturated rings. The number of hydrogen-bond acceptors (Lipinski definition) is 6. The van der Waals surface area contributed by atoms with Gasteiger partial charge in [-0.25, -0.2) is 9.59 Å². The quantitative estimate of drug-likeness (QED) is 0.357. The van der Waals surface area contributed by atoms with Crippen LogP contribution in [0.25, 0.3) is 0 Å². The molecular weight excluding hydrogens is 340 g/mol. The minimum atomic E-state index is -1.82. The Morgan fingerprint density at radius 2 is 2.12 bits per heavy atom. The SMILES string of the molecule is COc1cccc(C#CCO/N=C2/CN3CCC2C3)c1.O=C(O)C(=O)O. The van der Waals surface area contributed by atoms with E-state index in [4.69, 9.17) is 29.4 Å². The number of piperidine rings is 1. The van der Waals surface area contributed by atoms with Gasteiger partial charge in [0.05, 0.1) is 12.8 Å². The Balaban J connectivity index is 0.000000352. The average Bonchev–Trinajstić information content (AvgIpc) is 3.25. The Bertz CT molecular complexity index is 738. The van der Waals surface area contributed by atoms with Crippen LogP contribution in [0.5, 0.6) is 5.75 Å². The van der Waals surface area contributed by atoms with Gasteiger partial charge in [0.15, 0.2) is 6.61 Å². The number of benzene rings is 1. The maximum atomic E-state index is 9.10. The number of nitrogens with zero attached hydrogens (tertiary/aromatic N) is 2. The van der Waals surface area contributed by atoms with E-state index in [9.17, 15) is 0 Å². The van der Waals surface area contributed by atoms with E-state index in [1.165, 1.54) is 18.7 Å². The minimum absolute atomic E-state index is 0.327. The molecule has 2 atom stereocenters. The molecule has 0 aliphatic carbocycles. The van der Waals surface area contributed by atoms with Crippen molar-refractivity contribution < 1.29 is 29.4 Å². The van der Waals surface area contributed by atoms with Gasteiger partial charge in [0.25, 0.3) is 0 Å². The fourth-order valence-corrected chi connectivity index (χ4v) is 2.70. The normalized spacial score (nSPS) is 21.2. The van der Waals surface area contributed by atoms with Gasteiger partial charge in [-0.05, 0) is 31.2 Å². The first-order valence-electron chi connectivity index (χ1n) is 8.00. The van der Waals surface area contributed by atoms with Crippen LogP contribution in [0.4, 0.5) is 0 Å². The molecule has 2 unspecified atom stereocenters. The summed E-state index contributed by atoms with van der Waals surface area (Å²) in [5.41, 5.74) is 2.10. The van der Waals surface area contributed by atoms with Crippen molar-refractivity contribution in [3.8, 4) is 17.6 Å². The van der Waals surface area contributed by atoms with Crippen molar-refractivity contribution in [3.63, 3.8) is 0 Å². The number of carboxylic acids is 2. The molecule has 8 nitrogen and oxygen atoms in total. The second-order valence-corrected chi connectivity index (χ2v) is 5.72. The lowest BCUT2D eigenvalue weighted by atomic mass is 10.0. The highest BCUT2D eigenvalue weighted by atomic mass is 16.6. The number of fused-ring (bicyclic) bond motifs is 2. The van der Waals surface area contributed by atoms with Crippen molar-refractivity contribution in [2.24, 2.45) is 11.1 Å². The lowest BCUT2D eigenvalue weighted by molar-refractivity contribution is -0.159. The molecule has 8 heteroatoms. The van der Waals surface area contributed by atoms with Crippen molar-refractivity contribution >= 4 is 17.7 Å². The van der Waals surface area contributed by atoms with Gasteiger partial charge in [-0.15, -0.1) is 0 Å².